The maximum Gasteiger partial charge on any atom is 0.259 e. The average Bonchev–Trinajstić information content (AvgIpc) is 3.11. The molecule has 2 saturated heterocycles. The second-order valence-electron chi connectivity index (χ2n) is 6.29. The summed E-state index contributed by atoms with van der Waals surface area (Å²) in [5.74, 6) is 1.21. The van der Waals surface area contributed by atoms with Crippen molar-refractivity contribution in [2.75, 3.05) is 39.4 Å². The Bertz CT molecular complexity index is 517. The van der Waals surface area contributed by atoms with Crippen LogP contribution in [0.2, 0.25) is 0 Å². The summed E-state index contributed by atoms with van der Waals surface area (Å²) in [6.45, 7) is 11.0. The van der Waals surface area contributed by atoms with E-state index >= 15 is 0 Å². The number of amides is 1. The Morgan fingerprint density at radius 3 is 2.59 bits per heavy atom. The van der Waals surface area contributed by atoms with Crippen LogP contribution in [-0.2, 0) is 4.74 Å². The van der Waals surface area contributed by atoms with Crippen LogP contribution in [0, 0.1) is 19.8 Å². The standard InChI is InChI=1S/C16H25N3O3/c1-4-13-9-19(10-14(13)18-5-7-21-8-6-18)16(20)15-11(2)17-22-12(15)3/h13-14H,4-10H2,1-3H3/t13-,14+/m0/s1. The van der Waals surface area contributed by atoms with Gasteiger partial charge in [0.15, 0.2) is 0 Å². The summed E-state index contributed by atoms with van der Waals surface area (Å²) < 4.78 is 10.6. The van der Waals surface area contributed by atoms with Gasteiger partial charge in [0.25, 0.3) is 5.91 Å². The van der Waals surface area contributed by atoms with Gasteiger partial charge in [-0.15, -0.1) is 0 Å². The van der Waals surface area contributed by atoms with Crippen LogP contribution in [-0.4, -0.2) is 66.3 Å². The van der Waals surface area contributed by atoms with Crippen molar-refractivity contribution in [1.29, 1.82) is 0 Å². The lowest BCUT2D eigenvalue weighted by molar-refractivity contribution is 0.0103. The highest BCUT2D eigenvalue weighted by molar-refractivity contribution is 5.96. The van der Waals surface area contributed by atoms with Crippen molar-refractivity contribution in [2.24, 2.45) is 5.92 Å². The molecule has 1 amide bonds. The van der Waals surface area contributed by atoms with Crippen molar-refractivity contribution in [2.45, 2.75) is 33.2 Å². The zero-order valence-electron chi connectivity index (χ0n) is 13.7. The van der Waals surface area contributed by atoms with E-state index in [-0.39, 0.29) is 5.91 Å². The minimum atomic E-state index is 0.0606. The minimum Gasteiger partial charge on any atom is -0.379 e. The van der Waals surface area contributed by atoms with Crippen molar-refractivity contribution < 1.29 is 14.1 Å². The van der Waals surface area contributed by atoms with E-state index in [0.717, 1.165) is 45.8 Å². The summed E-state index contributed by atoms with van der Waals surface area (Å²) in [5.41, 5.74) is 1.32. The summed E-state index contributed by atoms with van der Waals surface area (Å²) in [4.78, 5) is 17.3. The molecule has 2 aliphatic heterocycles. The number of hydrogen-bond acceptors (Lipinski definition) is 5. The molecular formula is C16H25N3O3. The predicted molar refractivity (Wildman–Crippen MR) is 81.8 cm³/mol. The number of nitrogens with zero attached hydrogens (tertiary/aromatic N) is 3. The van der Waals surface area contributed by atoms with Gasteiger partial charge in [-0.3, -0.25) is 9.69 Å². The van der Waals surface area contributed by atoms with Crippen LogP contribution >= 0.6 is 0 Å². The van der Waals surface area contributed by atoms with Gasteiger partial charge in [0.1, 0.15) is 11.3 Å². The maximum atomic E-state index is 12.8. The first kappa shape index (κ1) is 15.5. The Balaban J connectivity index is 1.74. The quantitative estimate of drug-likeness (QED) is 0.846. The molecule has 0 saturated carbocycles. The number of aryl methyl sites for hydroxylation is 2. The van der Waals surface area contributed by atoms with E-state index < -0.39 is 0 Å². The fraction of sp³-hybridized carbons (Fsp3) is 0.750. The van der Waals surface area contributed by atoms with Crippen LogP contribution in [0.25, 0.3) is 0 Å². The van der Waals surface area contributed by atoms with Gasteiger partial charge in [-0.05, 0) is 19.8 Å². The number of hydrogen-bond donors (Lipinski definition) is 0. The van der Waals surface area contributed by atoms with E-state index in [1.807, 2.05) is 11.8 Å². The second kappa shape index (κ2) is 6.38. The molecular weight excluding hydrogens is 282 g/mol. The Morgan fingerprint density at radius 2 is 2.00 bits per heavy atom. The molecule has 122 valence electrons. The first-order valence-corrected chi connectivity index (χ1v) is 8.15. The molecule has 2 atom stereocenters. The molecule has 0 radical (unpaired) electrons. The van der Waals surface area contributed by atoms with Crippen molar-refractivity contribution in [3.8, 4) is 0 Å². The van der Waals surface area contributed by atoms with Gasteiger partial charge in [-0.2, -0.15) is 0 Å². The third-order valence-electron chi connectivity index (χ3n) is 4.98. The van der Waals surface area contributed by atoms with Crippen molar-refractivity contribution >= 4 is 5.91 Å². The number of morpholine rings is 1. The van der Waals surface area contributed by atoms with E-state index in [9.17, 15) is 4.79 Å². The normalized spacial score (nSPS) is 26.6. The smallest absolute Gasteiger partial charge is 0.259 e. The van der Waals surface area contributed by atoms with E-state index in [1.165, 1.54) is 0 Å². The number of carbonyl (C=O) groups excluding carboxylic acids is 1. The van der Waals surface area contributed by atoms with Gasteiger partial charge in [-0.25, -0.2) is 0 Å². The van der Waals surface area contributed by atoms with E-state index in [4.69, 9.17) is 9.26 Å². The first-order chi connectivity index (χ1) is 10.6. The molecule has 1 aromatic rings. The summed E-state index contributed by atoms with van der Waals surface area (Å²) in [5, 5.41) is 3.91. The van der Waals surface area contributed by atoms with E-state index in [2.05, 4.69) is 17.0 Å². The number of likely N-dealkylation sites (tertiary alicyclic amines) is 1. The number of aromatic nitrogens is 1. The molecule has 3 rings (SSSR count). The molecule has 1 aromatic heterocycles. The molecule has 0 aromatic carbocycles. The Labute approximate surface area is 131 Å². The molecule has 22 heavy (non-hydrogen) atoms. The fourth-order valence-electron chi connectivity index (χ4n) is 3.69. The van der Waals surface area contributed by atoms with Gasteiger partial charge >= 0.3 is 0 Å². The van der Waals surface area contributed by atoms with Crippen LogP contribution in [0.15, 0.2) is 4.52 Å². The molecule has 0 N–H and O–H groups in total. The number of rotatable bonds is 3. The van der Waals surface area contributed by atoms with Crippen LogP contribution in [0.4, 0.5) is 0 Å². The van der Waals surface area contributed by atoms with Crippen LogP contribution < -0.4 is 0 Å². The first-order valence-electron chi connectivity index (χ1n) is 8.15. The zero-order valence-corrected chi connectivity index (χ0v) is 13.7. The predicted octanol–water partition coefficient (Wildman–Crippen LogP) is 1.47. The highest BCUT2D eigenvalue weighted by Gasteiger charge is 2.39. The molecule has 6 nitrogen and oxygen atoms in total. The molecule has 2 fully saturated rings. The van der Waals surface area contributed by atoms with Gasteiger partial charge in [0.2, 0.25) is 0 Å². The third kappa shape index (κ3) is 2.77. The molecule has 6 heteroatoms. The zero-order chi connectivity index (χ0) is 15.7. The topological polar surface area (TPSA) is 58.8 Å². The number of carbonyl (C=O) groups is 1. The molecule has 0 spiro atoms. The van der Waals surface area contributed by atoms with Gasteiger partial charge in [0.05, 0.1) is 18.9 Å². The summed E-state index contributed by atoms with van der Waals surface area (Å²) in [7, 11) is 0. The summed E-state index contributed by atoms with van der Waals surface area (Å²) in [6.07, 6.45) is 1.09. The monoisotopic (exact) mass is 307 g/mol. The van der Waals surface area contributed by atoms with E-state index in [1.54, 1.807) is 6.92 Å². The fourth-order valence-corrected chi connectivity index (χ4v) is 3.69. The highest BCUT2D eigenvalue weighted by atomic mass is 16.5. The highest BCUT2D eigenvalue weighted by Crippen LogP contribution is 2.28. The number of ether oxygens (including phenoxy) is 1. The lowest BCUT2D eigenvalue weighted by Gasteiger charge is -2.34. The second-order valence-corrected chi connectivity index (χ2v) is 6.29. The van der Waals surface area contributed by atoms with Crippen LogP contribution in [0.5, 0.6) is 0 Å². The third-order valence-corrected chi connectivity index (χ3v) is 4.98. The van der Waals surface area contributed by atoms with Crippen LogP contribution in [0.3, 0.4) is 0 Å². The largest absolute Gasteiger partial charge is 0.379 e. The lowest BCUT2D eigenvalue weighted by atomic mass is 9.99. The van der Waals surface area contributed by atoms with Crippen LogP contribution in [0.1, 0.15) is 35.2 Å². The van der Waals surface area contributed by atoms with Crippen molar-refractivity contribution in [1.82, 2.24) is 15.0 Å². The van der Waals surface area contributed by atoms with Gasteiger partial charge in [-0.1, -0.05) is 18.5 Å². The van der Waals surface area contributed by atoms with Gasteiger partial charge < -0.3 is 14.2 Å². The lowest BCUT2D eigenvalue weighted by Crippen LogP contribution is -2.47. The average molecular weight is 307 g/mol. The summed E-state index contributed by atoms with van der Waals surface area (Å²) in [6, 6.07) is 0.443. The minimum absolute atomic E-state index is 0.0606. The Morgan fingerprint density at radius 1 is 1.27 bits per heavy atom. The van der Waals surface area contributed by atoms with E-state index in [0.29, 0.717) is 29.0 Å². The molecule has 3 heterocycles. The molecule has 2 aliphatic rings. The molecule has 0 bridgehead atoms. The van der Waals surface area contributed by atoms with Crippen molar-refractivity contribution in [3.63, 3.8) is 0 Å². The Kier molecular flexibility index (Phi) is 4.49. The van der Waals surface area contributed by atoms with Crippen molar-refractivity contribution in [3.05, 3.63) is 17.0 Å². The molecule has 0 aliphatic carbocycles. The SMILES string of the molecule is CC[C@H]1CN(C(=O)c2c(C)noc2C)C[C@H]1N1CCOCC1. The van der Waals surface area contributed by atoms with Gasteiger partial charge in [0, 0.05) is 32.2 Å². The molecule has 0 unspecified atom stereocenters. The summed E-state index contributed by atoms with van der Waals surface area (Å²) >= 11 is 0. The maximum absolute atomic E-state index is 12.8. The Hall–Kier alpha value is -1.40.